The summed E-state index contributed by atoms with van der Waals surface area (Å²) in [5.74, 6) is -3.39. The molecule has 1 aromatic carbocycles. The highest BCUT2D eigenvalue weighted by atomic mass is 16.5. The number of aromatic carboxylic acids is 2. The molecule has 2 rings (SSSR count). The lowest BCUT2D eigenvalue weighted by atomic mass is 10.0. The fourth-order valence-electron chi connectivity index (χ4n) is 1.92. The number of carboxylic acid groups (broad SMARTS) is 2. The summed E-state index contributed by atoms with van der Waals surface area (Å²) < 4.78 is 14.9. The molecule has 0 amide bonds. The average molecular weight is 292 g/mol. The normalized spacial score (nSPS) is 10.2. The highest BCUT2D eigenvalue weighted by molar-refractivity contribution is 6.00. The van der Waals surface area contributed by atoms with Crippen molar-refractivity contribution in [1.29, 1.82) is 0 Å². The minimum atomic E-state index is -1.41. The molecule has 0 unspecified atom stereocenters. The van der Waals surface area contributed by atoms with E-state index in [1.807, 2.05) is 0 Å². The van der Waals surface area contributed by atoms with Crippen molar-refractivity contribution in [3.8, 4) is 22.6 Å². The molecule has 0 aliphatic heterocycles. The van der Waals surface area contributed by atoms with Crippen LogP contribution in [0.4, 0.5) is 0 Å². The van der Waals surface area contributed by atoms with Crippen LogP contribution in [0.2, 0.25) is 0 Å². The molecule has 0 aliphatic rings. The smallest absolute Gasteiger partial charge is 0.375 e. The van der Waals surface area contributed by atoms with Gasteiger partial charge in [0.15, 0.2) is 5.75 Å². The molecule has 7 heteroatoms. The lowest BCUT2D eigenvalue weighted by Gasteiger charge is -2.05. The number of ether oxygens (including phenoxy) is 2. The van der Waals surface area contributed by atoms with Crippen LogP contribution in [0.5, 0.6) is 11.5 Å². The van der Waals surface area contributed by atoms with E-state index in [4.69, 9.17) is 19.0 Å². The predicted molar refractivity (Wildman–Crippen MR) is 71.2 cm³/mol. The topological polar surface area (TPSA) is 106 Å². The number of rotatable bonds is 5. The summed E-state index contributed by atoms with van der Waals surface area (Å²) in [6.45, 7) is 0. The molecule has 21 heavy (non-hydrogen) atoms. The van der Waals surface area contributed by atoms with E-state index in [1.165, 1.54) is 14.2 Å². The van der Waals surface area contributed by atoms with Gasteiger partial charge in [-0.05, 0) is 17.7 Å². The van der Waals surface area contributed by atoms with Gasteiger partial charge >= 0.3 is 11.9 Å². The van der Waals surface area contributed by atoms with Gasteiger partial charge in [0.1, 0.15) is 5.75 Å². The quantitative estimate of drug-likeness (QED) is 0.871. The van der Waals surface area contributed by atoms with E-state index in [1.54, 1.807) is 24.3 Å². The number of carbonyl (C=O) groups is 2. The molecule has 0 saturated carbocycles. The van der Waals surface area contributed by atoms with Crippen molar-refractivity contribution < 1.29 is 33.7 Å². The third-order valence-corrected chi connectivity index (χ3v) is 2.84. The number of furan rings is 1. The van der Waals surface area contributed by atoms with Crippen molar-refractivity contribution in [3.05, 3.63) is 35.8 Å². The number of benzene rings is 1. The van der Waals surface area contributed by atoms with Crippen LogP contribution < -0.4 is 9.47 Å². The first-order valence-corrected chi connectivity index (χ1v) is 5.81. The van der Waals surface area contributed by atoms with Crippen LogP contribution in [-0.4, -0.2) is 36.4 Å². The molecule has 0 saturated heterocycles. The molecule has 2 N–H and O–H groups in total. The molecule has 0 radical (unpaired) electrons. The average Bonchev–Trinajstić information content (AvgIpc) is 2.87. The Hall–Kier alpha value is -2.96. The Morgan fingerprint density at radius 2 is 1.52 bits per heavy atom. The van der Waals surface area contributed by atoms with Gasteiger partial charge in [-0.25, -0.2) is 9.59 Å². The molecule has 0 fully saturated rings. The maximum Gasteiger partial charge on any atom is 0.375 e. The first kappa shape index (κ1) is 14.4. The van der Waals surface area contributed by atoms with E-state index in [0.29, 0.717) is 11.3 Å². The summed E-state index contributed by atoms with van der Waals surface area (Å²) in [5, 5.41) is 18.2. The Kier molecular flexibility index (Phi) is 3.84. The Bertz CT molecular complexity index is 682. The lowest BCUT2D eigenvalue weighted by Crippen LogP contribution is -1.97. The number of hydrogen-bond acceptors (Lipinski definition) is 5. The van der Waals surface area contributed by atoms with Gasteiger partial charge in [-0.3, -0.25) is 0 Å². The highest BCUT2D eigenvalue weighted by Crippen LogP contribution is 2.39. The van der Waals surface area contributed by atoms with Crippen LogP contribution in [0.3, 0.4) is 0 Å². The molecule has 1 aromatic heterocycles. The van der Waals surface area contributed by atoms with Crippen LogP contribution in [0.15, 0.2) is 28.7 Å². The highest BCUT2D eigenvalue weighted by Gasteiger charge is 2.30. The van der Waals surface area contributed by atoms with Gasteiger partial charge in [0.05, 0.1) is 19.8 Å². The number of hydrogen-bond donors (Lipinski definition) is 2. The maximum absolute atomic E-state index is 11.3. The van der Waals surface area contributed by atoms with Gasteiger partial charge in [0.2, 0.25) is 5.76 Å². The van der Waals surface area contributed by atoms with E-state index >= 15 is 0 Å². The molecule has 0 bridgehead atoms. The largest absolute Gasteiger partial charge is 0.497 e. The minimum absolute atomic E-state index is 0.0741. The Morgan fingerprint density at radius 1 is 0.952 bits per heavy atom. The second kappa shape index (κ2) is 5.58. The van der Waals surface area contributed by atoms with Gasteiger partial charge in [-0.2, -0.15) is 0 Å². The van der Waals surface area contributed by atoms with Crippen LogP contribution in [0, 0.1) is 0 Å². The Balaban J connectivity index is 2.69. The van der Waals surface area contributed by atoms with E-state index in [9.17, 15) is 14.7 Å². The summed E-state index contributed by atoms with van der Waals surface area (Å²) >= 11 is 0. The molecule has 2 aromatic rings. The molecule has 0 atom stereocenters. The van der Waals surface area contributed by atoms with Crippen molar-refractivity contribution in [2.75, 3.05) is 14.2 Å². The summed E-state index contributed by atoms with van der Waals surface area (Å²) in [6, 6.07) is 6.41. The predicted octanol–water partition coefficient (Wildman–Crippen LogP) is 2.36. The summed E-state index contributed by atoms with van der Waals surface area (Å²) in [4.78, 5) is 22.4. The number of methoxy groups -OCH3 is 2. The summed E-state index contributed by atoms with van der Waals surface area (Å²) in [5.41, 5.74) is 0.520. The van der Waals surface area contributed by atoms with Crippen LogP contribution in [0.1, 0.15) is 21.1 Å². The van der Waals surface area contributed by atoms with E-state index in [2.05, 4.69) is 0 Å². The Labute approximate surface area is 119 Å². The monoisotopic (exact) mass is 292 g/mol. The second-order valence-corrected chi connectivity index (χ2v) is 4.01. The van der Waals surface area contributed by atoms with Crippen molar-refractivity contribution >= 4 is 11.9 Å². The molecule has 0 spiro atoms. The molecule has 0 aliphatic carbocycles. The SMILES string of the molecule is COc1ccc(-c2c(C(=O)O)oc(C(=O)O)c2OC)cc1. The molecule has 7 nitrogen and oxygen atoms in total. The third kappa shape index (κ3) is 2.53. The van der Waals surface area contributed by atoms with Crippen LogP contribution in [0.25, 0.3) is 11.1 Å². The Morgan fingerprint density at radius 3 is 1.95 bits per heavy atom. The molecule has 1 heterocycles. The zero-order valence-corrected chi connectivity index (χ0v) is 11.2. The molecule has 110 valence electrons. The van der Waals surface area contributed by atoms with Crippen molar-refractivity contribution in [2.24, 2.45) is 0 Å². The van der Waals surface area contributed by atoms with E-state index in [0.717, 1.165) is 0 Å². The zero-order chi connectivity index (χ0) is 15.6. The maximum atomic E-state index is 11.3. The minimum Gasteiger partial charge on any atom is -0.497 e. The van der Waals surface area contributed by atoms with Gasteiger partial charge < -0.3 is 24.1 Å². The van der Waals surface area contributed by atoms with Crippen LogP contribution >= 0.6 is 0 Å². The second-order valence-electron chi connectivity index (χ2n) is 4.01. The first-order chi connectivity index (χ1) is 9.99. The van der Waals surface area contributed by atoms with Crippen molar-refractivity contribution in [2.45, 2.75) is 0 Å². The molecular formula is C14H12O7. The van der Waals surface area contributed by atoms with Gasteiger partial charge in [-0.15, -0.1) is 0 Å². The summed E-state index contributed by atoms with van der Waals surface area (Å²) in [7, 11) is 2.74. The lowest BCUT2D eigenvalue weighted by molar-refractivity contribution is 0.0630. The van der Waals surface area contributed by atoms with Crippen LogP contribution in [-0.2, 0) is 0 Å². The van der Waals surface area contributed by atoms with Gasteiger partial charge in [-0.1, -0.05) is 12.1 Å². The van der Waals surface area contributed by atoms with Gasteiger partial charge in [0, 0.05) is 0 Å². The molecular weight excluding hydrogens is 280 g/mol. The fourth-order valence-corrected chi connectivity index (χ4v) is 1.92. The standard InChI is InChI=1S/C14H12O7/c1-19-8-5-3-7(4-6-8)9-10(20-2)12(14(17)18)21-11(9)13(15)16/h3-6H,1-2H3,(H,15,16)(H,17,18). The van der Waals surface area contributed by atoms with E-state index in [-0.39, 0.29) is 11.3 Å². The fraction of sp³-hybridized carbons (Fsp3) is 0.143. The van der Waals surface area contributed by atoms with Gasteiger partial charge in [0.25, 0.3) is 5.76 Å². The third-order valence-electron chi connectivity index (χ3n) is 2.84. The van der Waals surface area contributed by atoms with Crippen molar-refractivity contribution in [3.63, 3.8) is 0 Å². The summed E-state index contributed by atoms with van der Waals surface area (Å²) in [6.07, 6.45) is 0. The van der Waals surface area contributed by atoms with E-state index < -0.39 is 23.5 Å². The first-order valence-electron chi connectivity index (χ1n) is 5.81. The van der Waals surface area contributed by atoms with Crippen molar-refractivity contribution in [1.82, 2.24) is 0 Å². The zero-order valence-electron chi connectivity index (χ0n) is 11.2. The number of carboxylic acids is 2.